The molecule has 0 fully saturated rings. The maximum absolute atomic E-state index is 2.50. The number of hydrogen-bond donors (Lipinski definition) is 0. The summed E-state index contributed by atoms with van der Waals surface area (Å²) in [6.07, 6.45) is 13.6. The SMILES string of the molecule is CC=CC(=CC)N(c1cccs1)C1CC=CC(C)C1. The van der Waals surface area contributed by atoms with Gasteiger partial charge in [-0.2, -0.15) is 0 Å². The number of allylic oxidation sites excluding steroid dienone is 4. The smallest absolute Gasteiger partial charge is 0.0955 e. The van der Waals surface area contributed by atoms with Crippen molar-refractivity contribution in [3.05, 3.63) is 53.6 Å². The molecule has 0 amide bonds. The van der Waals surface area contributed by atoms with Crippen LogP contribution in [0.3, 0.4) is 0 Å². The molecule has 1 heterocycles. The van der Waals surface area contributed by atoms with Gasteiger partial charge in [-0.05, 0) is 56.2 Å². The molecule has 1 nitrogen and oxygen atoms in total. The average molecular weight is 273 g/mol. The number of anilines is 1. The third-order valence-electron chi connectivity index (χ3n) is 3.54. The van der Waals surface area contributed by atoms with Crippen molar-refractivity contribution in [2.45, 2.75) is 39.7 Å². The van der Waals surface area contributed by atoms with Crippen LogP contribution >= 0.6 is 11.3 Å². The van der Waals surface area contributed by atoms with Crippen molar-refractivity contribution >= 4 is 16.3 Å². The third kappa shape index (κ3) is 3.38. The second-order valence-corrected chi connectivity index (χ2v) is 5.99. The van der Waals surface area contributed by atoms with Gasteiger partial charge in [0.15, 0.2) is 0 Å². The van der Waals surface area contributed by atoms with Crippen molar-refractivity contribution in [1.29, 1.82) is 0 Å². The largest absolute Gasteiger partial charge is 0.330 e. The summed E-state index contributed by atoms with van der Waals surface area (Å²) in [6, 6.07) is 4.93. The zero-order valence-corrected chi connectivity index (χ0v) is 12.9. The first-order chi connectivity index (χ1) is 9.26. The molecule has 2 heteroatoms. The van der Waals surface area contributed by atoms with Gasteiger partial charge in [0.2, 0.25) is 0 Å². The Bertz CT molecular complexity index is 467. The summed E-state index contributed by atoms with van der Waals surface area (Å²) in [6.45, 7) is 6.51. The maximum atomic E-state index is 2.50. The molecule has 2 atom stereocenters. The molecule has 0 aromatic carbocycles. The van der Waals surface area contributed by atoms with E-state index in [1.54, 1.807) is 0 Å². The molecule has 1 aromatic rings. The van der Waals surface area contributed by atoms with E-state index >= 15 is 0 Å². The molecule has 2 unspecified atom stereocenters. The molecule has 102 valence electrons. The van der Waals surface area contributed by atoms with Gasteiger partial charge in [-0.25, -0.2) is 0 Å². The quantitative estimate of drug-likeness (QED) is 0.525. The molecule has 0 aliphatic heterocycles. The summed E-state index contributed by atoms with van der Waals surface area (Å²) in [5.74, 6) is 0.671. The van der Waals surface area contributed by atoms with Crippen molar-refractivity contribution in [3.63, 3.8) is 0 Å². The van der Waals surface area contributed by atoms with Gasteiger partial charge in [0.05, 0.1) is 5.00 Å². The van der Waals surface area contributed by atoms with Gasteiger partial charge in [-0.1, -0.05) is 31.2 Å². The van der Waals surface area contributed by atoms with E-state index in [0.29, 0.717) is 12.0 Å². The van der Waals surface area contributed by atoms with Crippen LogP contribution in [0.4, 0.5) is 5.00 Å². The second kappa shape index (κ2) is 6.76. The van der Waals surface area contributed by atoms with Gasteiger partial charge in [-0.15, -0.1) is 11.3 Å². The molecule has 2 rings (SSSR count). The Balaban J connectivity index is 2.32. The first-order valence-corrected chi connectivity index (χ1v) is 7.92. The van der Waals surface area contributed by atoms with Crippen LogP contribution in [0.1, 0.15) is 33.6 Å². The van der Waals surface area contributed by atoms with Gasteiger partial charge in [0, 0.05) is 11.7 Å². The Morgan fingerprint density at radius 1 is 1.42 bits per heavy atom. The number of rotatable bonds is 4. The molecule has 0 saturated heterocycles. The van der Waals surface area contributed by atoms with Crippen LogP contribution in [0.2, 0.25) is 0 Å². The summed E-state index contributed by atoms with van der Waals surface area (Å²) in [5.41, 5.74) is 1.30. The van der Waals surface area contributed by atoms with Crippen LogP contribution in [-0.2, 0) is 0 Å². The molecule has 19 heavy (non-hydrogen) atoms. The minimum Gasteiger partial charge on any atom is -0.330 e. The highest BCUT2D eigenvalue weighted by Gasteiger charge is 2.24. The Morgan fingerprint density at radius 2 is 2.26 bits per heavy atom. The normalized spacial score (nSPS) is 24.1. The Labute approximate surface area is 121 Å². The zero-order chi connectivity index (χ0) is 13.7. The summed E-state index contributed by atoms with van der Waals surface area (Å²) < 4.78 is 0. The van der Waals surface area contributed by atoms with Gasteiger partial charge < -0.3 is 4.90 Å². The maximum Gasteiger partial charge on any atom is 0.0955 e. The molecule has 0 N–H and O–H groups in total. The van der Waals surface area contributed by atoms with E-state index in [4.69, 9.17) is 0 Å². The van der Waals surface area contributed by atoms with Gasteiger partial charge in [-0.3, -0.25) is 0 Å². The summed E-state index contributed by atoms with van der Waals surface area (Å²) in [7, 11) is 0. The number of nitrogens with zero attached hydrogens (tertiary/aromatic N) is 1. The van der Waals surface area contributed by atoms with E-state index in [9.17, 15) is 0 Å². The van der Waals surface area contributed by atoms with Crippen molar-refractivity contribution in [1.82, 2.24) is 0 Å². The lowest BCUT2D eigenvalue weighted by Crippen LogP contribution is -2.35. The lowest BCUT2D eigenvalue weighted by molar-refractivity contribution is 0.497. The summed E-state index contributed by atoms with van der Waals surface area (Å²) in [4.78, 5) is 2.50. The minimum absolute atomic E-state index is 0.570. The Kier molecular flexibility index (Phi) is 5.03. The molecular formula is C17H23NS. The molecule has 1 aliphatic rings. The number of thiophene rings is 1. The third-order valence-corrected chi connectivity index (χ3v) is 4.40. The molecule has 0 saturated carbocycles. The predicted octanol–water partition coefficient (Wildman–Crippen LogP) is 5.39. The van der Waals surface area contributed by atoms with Crippen LogP contribution in [0.25, 0.3) is 0 Å². The van der Waals surface area contributed by atoms with E-state index in [-0.39, 0.29) is 0 Å². The van der Waals surface area contributed by atoms with Crippen molar-refractivity contribution in [2.24, 2.45) is 5.92 Å². The zero-order valence-electron chi connectivity index (χ0n) is 12.0. The van der Waals surface area contributed by atoms with E-state index in [1.165, 1.54) is 17.1 Å². The Morgan fingerprint density at radius 3 is 2.84 bits per heavy atom. The fourth-order valence-electron chi connectivity index (χ4n) is 2.69. The fraction of sp³-hybridized carbons (Fsp3) is 0.412. The van der Waals surface area contributed by atoms with Gasteiger partial charge in [0.1, 0.15) is 0 Å². The van der Waals surface area contributed by atoms with Crippen molar-refractivity contribution < 1.29 is 0 Å². The predicted molar refractivity (Wildman–Crippen MR) is 86.7 cm³/mol. The van der Waals surface area contributed by atoms with Crippen LogP contribution in [0, 0.1) is 5.92 Å². The van der Waals surface area contributed by atoms with Gasteiger partial charge in [0.25, 0.3) is 0 Å². The number of hydrogen-bond acceptors (Lipinski definition) is 2. The highest BCUT2D eigenvalue weighted by atomic mass is 32.1. The molecule has 0 radical (unpaired) electrons. The van der Waals surface area contributed by atoms with Gasteiger partial charge >= 0.3 is 0 Å². The fourth-order valence-corrected chi connectivity index (χ4v) is 3.52. The molecule has 1 aromatic heterocycles. The van der Waals surface area contributed by atoms with Crippen LogP contribution < -0.4 is 4.90 Å². The monoisotopic (exact) mass is 273 g/mol. The lowest BCUT2D eigenvalue weighted by Gasteiger charge is -2.36. The molecular weight excluding hydrogens is 250 g/mol. The highest BCUT2D eigenvalue weighted by Crippen LogP contribution is 2.33. The standard InChI is InChI=1S/C17H23NS/c1-4-8-15(5-2)18(17-11-7-12-19-17)16-10-6-9-14(3)13-16/h4-9,11-12,14,16H,10,13H2,1-3H3. The van der Waals surface area contributed by atoms with Crippen molar-refractivity contribution in [2.75, 3.05) is 4.90 Å². The first kappa shape index (κ1) is 14.1. The minimum atomic E-state index is 0.570. The molecule has 0 spiro atoms. The average Bonchev–Trinajstić information content (AvgIpc) is 2.92. The van der Waals surface area contributed by atoms with Crippen molar-refractivity contribution in [3.8, 4) is 0 Å². The van der Waals surface area contributed by atoms with E-state index in [1.807, 2.05) is 11.3 Å². The summed E-state index contributed by atoms with van der Waals surface area (Å²) >= 11 is 1.82. The van der Waals surface area contributed by atoms with Crippen LogP contribution in [0.5, 0.6) is 0 Å². The summed E-state index contributed by atoms with van der Waals surface area (Å²) in [5, 5.41) is 3.51. The van der Waals surface area contributed by atoms with E-state index in [2.05, 4.69) is 73.6 Å². The second-order valence-electron chi connectivity index (χ2n) is 5.07. The first-order valence-electron chi connectivity index (χ1n) is 7.04. The van der Waals surface area contributed by atoms with E-state index < -0.39 is 0 Å². The topological polar surface area (TPSA) is 3.24 Å². The van der Waals surface area contributed by atoms with Crippen LogP contribution in [0.15, 0.2) is 53.6 Å². The van der Waals surface area contributed by atoms with Crippen LogP contribution in [-0.4, -0.2) is 6.04 Å². The van der Waals surface area contributed by atoms with E-state index in [0.717, 1.165) is 6.42 Å². The highest BCUT2D eigenvalue weighted by molar-refractivity contribution is 7.14. The molecule has 0 bridgehead atoms. The lowest BCUT2D eigenvalue weighted by atomic mass is 9.92. The Hall–Kier alpha value is -1.28. The molecule has 1 aliphatic carbocycles.